The van der Waals surface area contributed by atoms with Gasteiger partial charge in [-0.3, -0.25) is 0 Å². The SMILES string of the molecule is COc1ccc(-[n+]2noc([O-])c2C2=Nn3c(COc4ccc(Cl)cc4)nnc3SC2)cc1. The zero-order chi connectivity index (χ0) is 22.1. The minimum absolute atomic E-state index is 0.137. The number of methoxy groups -OCH3 is 1. The van der Waals surface area contributed by atoms with Gasteiger partial charge in [0.1, 0.15) is 23.8 Å². The number of ether oxygens (including phenoxy) is 2. The Bertz CT molecular complexity index is 1290. The fraction of sp³-hybridized carbons (Fsp3) is 0.150. The summed E-state index contributed by atoms with van der Waals surface area (Å²) in [5.41, 5.74) is 1.35. The largest absolute Gasteiger partial charge is 0.539 e. The van der Waals surface area contributed by atoms with Crippen molar-refractivity contribution < 1.29 is 23.8 Å². The third-order valence-electron chi connectivity index (χ3n) is 4.62. The lowest BCUT2D eigenvalue weighted by Crippen LogP contribution is -2.40. The Morgan fingerprint density at radius 2 is 1.88 bits per heavy atom. The van der Waals surface area contributed by atoms with Crippen molar-refractivity contribution in [2.24, 2.45) is 5.10 Å². The maximum absolute atomic E-state index is 12.5. The summed E-state index contributed by atoms with van der Waals surface area (Å²) in [5.74, 6) is 1.63. The Hall–Kier alpha value is -3.57. The van der Waals surface area contributed by atoms with Crippen LogP contribution in [0.2, 0.25) is 5.02 Å². The van der Waals surface area contributed by atoms with Gasteiger partial charge in [0.2, 0.25) is 10.8 Å². The topological polar surface area (TPSA) is 115 Å². The van der Waals surface area contributed by atoms with Gasteiger partial charge >= 0.3 is 0 Å². The van der Waals surface area contributed by atoms with Crippen LogP contribution in [0.15, 0.2) is 63.3 Å². The van der Waals surface area contributed by atoms with Gasteiger partial charge in [0.25, 0.3) is 5.69 Å². The van der Waals surface area contributed by atoms with E-state index in [4.69, 9.17) is 25.6 Å². The highest BCUT2D eigenvalue weighted by molar-refractivity contribution is 7.99. The van der Waals surface area contributed by atoms with Crippen LogP contribution in [0.3, 0.4) is 0 Å². The van der Waals surface area contributed by atoms with E-state index in [2.05, 4.69) is 20.6 Å². The van der Waals surface area contributed by atoms with Crippen molar-refractivity contribution in [3.05, 3.63) is 65.1 Å². The van der Waals surface area contributed by atoms with Crippen molar-refractivity contribution in [3.8, 4) is 23.1 Å². The molecule has 1 aliphatic heterocycles. The molecule has 4 aromatic rings. The molecule has 0 fully saturated rings. The fourth-order valence-corrected chi connectivity index (χ4v) is 3.99. The molecule has 3 heterocycles. The molecule has 2 aromatic carbocycles. The molecule has 5 rings (SSSR count). The van der Waals surface area contributed by atoms with Crippen molar-refractivity contribution in [1.82, 2.24) is 20.1 Å². The van der Waals surface area contributed by atoms with Crippen molar-refractivity contribution in [3.63, 3.8) is 0 Å². The van der Waals surface area contributed by atoms with E-state index in [1.807, 2.05) is 0 Å². The highest BCUT2D eigenvalue weighted by Crippen LogP contribution is 2.26. The Morgan fingerprint density at radius 3 is 2.62 bits per heavy atom. The molecular formula is C20H15ClN6O4S. The van der Waals surface area contributed by atoms with Crippen LogP contribution in [0.5, 0.6) is 17.4 Å². The standard InChI is InChI=1S/C20H15ClN6O4S/c1-29-14-8-4-13(5-9-14)26-18(19(28)31-25-26)16-11-32-20-23-22-17(27(20)24-16)10-30-15-6-2-12(21)3-7-15/h2-9H,10-11H2,1H3. The predicted octanol–water partition coefficient (Wildman–Crippen LogP) is 2.22. The number of fused-ring (bicyclic) bond motifs is 1. The minimum atomic E-state index is -0.587. The summed E-state index contributed by atoms with van der Waals surface area (Å²) >= 11 is 7.31. The zero-order valence-corrected chi connectivity index (χ0v) is 18.2. The first kappa shape index (κ1) is 20.3. The molecule has 0 unspecified atom stereocenters. The molecule has 0 atom stereocenters. The second-order valence-electron chi connectivity index (χ2n) is 6.61. The van der Waals surface area contributed by atoms with E-state index >= 15 is 0 Å². The fourth-order valence-electron chi connectivity index (χ4n) is 3.04. The van der Waals surface area contributed by atoms with E-state index in [-0.39, 0.29) is 12.3 Å². The van der Waals surface area contributed by atoms with E-state index in [1.54, 1.807) is 60.3 Å². The van der Waals surface area contributed by atoms with Gasteiger partial charge in [-0.2, -0.15) is 9.78 Å². The number of hydrogen-bond acceptors (Lipinski definition) is 9. The van der Waals surface area contributed by atoms with Crippen LogP contribution in [0.1, 0.15) is 11.5 Å². The summed E-state index contributed by atoms with van der Waals surface area (Å²) in [7, 11) is 1.58. The van der Waals surface area contributed by atoms with E-state index in [0.29, 0.717) is 44.7 Å². The number of benzene rings is 2. The van der Waals surface area contributed by atoms with Crippen LogP contribution in [-0.2, 0) is 6.61 Å². The number of halogens is 1. The average Bonchev–Trinajstić information content (AvgIpc) is 3.41. The summed E-state index contributed by atoms with van der Waals surface area (Å²) in [6, 6.07) is 14.1. The minimum Gasteiger partial charge on any atom is -0.539 e. The smallest absolute Gasteiger partial charge is 0.287 e. The van der Waals surface area contributed by atoms with Gasteiger partial charge in [0.15, 0.2) is 11.8 Å². The Morgan fingerprint density at radius 1 is 1.12 bits per heavy atom. The number of thioether (sulfide) groups is 1. The molecule has 10 nitrogen and oxygen atoms in total. The summed E-state index contributed by atoms with van der Waals surface area (Å²) in [4.78, 5) is 0. The lowest BCUT2D eigenvalue weighted by Gasteiger charge is -2.12. The average molecular weight is 471 g/mol. The van der Waals surface area contributed by atoms with Gasteiger partial charge in [-0.25, -0.2) is 0 Å². The maximum atomic E-state index is 12.5. The van der Waals surface area contributed by atoms with E-state index in [0.717, 1.165) is 0 Å². The predicted molar refractivity (Wildman–Crippen MR) is 112 cm³/mol. The maximum Gasteiger partial charge on any atom is 0.287 e. The van der Waals surface area contributed by atoms with Crippen LogP contribution < -0.4 is 19.3 Å². The monoisotopic (exact) mass is 470 g/mol. The van der Waals surface area contributed by atoms with E-state index in [1.165, 1.54) is 16.4 Å². The molecule has 0 aliphatic carbocycles. The molecule has 0 radical (unpaired) electrons. The third kappa shape index (κ3) is 3.87. The molecule has 0 saturated heterocycles. The molecule has 0 saturated carbocycles. The second kappa shape index (κ2) is 8.52. The van der Waals surface area contributed by atoms with Crippen molar-refractivity contribution in [1.29, 1.82) is 0 Å². The molecule has 162 valence electrons. The van der Waals surface area contributed by atoms with Gasteiger partial charge < -0.3 is 19.1 Å². The Labute approximate surface area is 191 Å². The molecule has 12 heteroatoms. The van der Waals surface area contributed by atoms with Gasteiger partial charge in [-0.15, -0.1) is 10.2 Å². The lowest BCUT2D eigenvalue weighted by molar-refractivity contribution is -0.671. The van der Waals surface area contributed by atoms with Crippen molar-refractivity contribution in [2.75, 3.05) is 12.9 Å². The Kier molecular flexibility index (Phi) is 5.41. The molecule has 0 amide bonds. The van der Waals surface area contributed by atoms with Crippen LogP contribution in [-0.4, -0.2) is 38.7 Å². The number of hydrogen-bond donors (Lipinski definition) is 0. The number of nitrogens with zero attached hydrogens (tertiary/aromatic N) is 6. The van der Waals surface area contributed by atoms with Crippen LogP contribution in [0, 0.1) is 0 Å². The second-order valence-corrected chi connectivity index (χ2v) is 7.99. The lowest BCUT2D eigenvalue weighted by atomic mass is 10.2. The molecule has 32 heavy (non-hydrogen) atoms. The normalized spacial score (nSPS) is 12.9. The van der Waals surface area contributed by atoms with Gasteiger partial charge in [0.05, 0.1) is 18.1 Å². The van der Waals surface area contributed by atoms with Crippen LogP contribution in [0.4, 0.5) is 0 Å². The van der Waals surface area contributed by atoms with Crippen molar-refractivity contribution >= 4 is 29.1 Å². The van der Waals surface area contributed by atoms with Gasteiger partial charge in [-0.1, -0.05) is 23.4 Å². The first-order valence-electron chi connectivity index (χ1n) is 9.39. The first-order valence-corrected chi connectivity index (χ1v) is 10.8. The zero-order valence-electron chi connectivity index (χ0n) is 16.6. The molecule has 2 aromatic heterocycles. The van der Waals surface area contributed by atoms with Gasteiger partial charge in [0, 0.05) is 17.2 Å². The summed E-state index contributed by atoms with van der Waals surface area (Å²) < 4.78 is 18.9. The van der Waals surface area contributed by atoms with Crippen LogP contribution in [0.25, 0.3) is 5.69 Å². The highest BCUT2D eigenvalue weighted by Gasteiger charge is 2.30. The molecule has 1 aliphatic rings. The number of aromatic nitrogens is 5. The molecule has 0 N–H and O–H groups in total. The molecule has 0 spiro atoms. The Balaban J connectivity index is 1.45. The molecular weight excluding hydrogens is 456 g/mol. The molecule has 0 bridgehead atoms. The van der Waals surface area contributed by atoms with E-state index in [9.17, 15) is 5.11 Å². The highest BCUT2D eigenvalue weighted by atomic mass is 35.5. The number of rotatable bonds is 6. The quantitative estimate of drug-likeness (QED) is 0.394. The summed E-state index contributed by atoms with van der Waals surface area (Å²) in [6.45, 7) is 0.137. The van der Waals surface area contributed by atoms with Crippen molar-refractivity contribution in [2.45, 2.75) is 11.8 Å². The van der Waals surface area contributed by atoms with E-state index < -0.39 is 5.95 Å². The summed E-state index contributed by atoms with van der Waals surface area (Å²) in [5, 5.41) is 30.5. The van der Waals surface area contributed by atoms with Gasteiger partial charge in [-0.05, 0) is 41.1 Å². The first-order chi connectivity index (χ1) is 15.6. The van der Waals surface area contributed by atoms with Crippen LogP contribution >= 0.6 is 23.4 Å². The summed E-state index contributed by atoms with van der Waals surface area (Å²) in [6.07, 6.45) is 0. The third-order valence-corrected chi connectivity index (χ3v) is 5.80.